The Morgan fingerprint density at radius 2 is 2.19 bits per heavy atom. The molecule has 1 aromatic carbocycles. The molecular formula is C12H12N2O2. The average molecular weight is 216 g/mol. The van der Waals surface area contributed by atoms with Crippen molar-refractivity contribution in [1.82, 2.24) is 0 Å². The van der Waals surface area contributed by atoms with E-state index in [9.17, 15) is 4.79 Å². The van der Waals surface area contributed by atoms with Crippen LogP contribution in [-0.2, 0) is 4.74 Å². The quantitative estimate of drug-likeness (QED) is 0.698. The summed E-state index contributed by atoms with van der Waals surface area (Å²) in [5, 5.41) is 8.79. The van der Waals surface area contributed by atoms with Crippen molar-refractivity contribution in [3.63, 3.8) is 0 Å². The van der Waals surface area contributed by atoms with Gasteiger partial charge in [-0.3, -0.25) is 4.79 Å². The molecule has 2 rings (SSSR count). The normalized spacial score (nSPS) is 20.2. The van der Waals surface area contributed by atoms with Crippen molar-refractivity contribution in [1.29, 1.82) is 5.26 Å². The molecule has 0 aromatic heterocycles. The number of rotatable bonds is 2. The first-order chi connectivity index (χ1) is 7.83. The highest BCUT2D eigenvalue weighted by Gasteiger charge is 2.19. The van der Waals surface area contributed by atoms with Gasteiger partial charge in [0.2, 0.25) is 0 Å². The van der Waals surface area contributed by atoms with Crippen molar-refractivity contribution in [2.75, 3.05) is 24.6 Å². The van der Waals surface area contributed by atoms with Crippen LogP contribution in [0.4, 0.5) is 5.69 Å². The molecular weight excluding hydrogens is 204 g/mol. The fourth-order valence-corrected chi connectivity index (χ4v) is 1.73. The maximum atomic E-state index is 10.5. The van der Waals surface area contributed by atoms with Gasteiger partial charge in [-0.25, -0.2) is 0 Å². The molecule has 1 unspecified atom stereocenters. The second kappa shape index (κ2) is 4.77. The highest BCUT2D eigenvalue weighted by Crippen LogP contribution is 2.17. The Kier molecular flexibility index (Phi) is 3.18. The number of nitriles is 1. The van der Waals surface area contributed by atoms with Crippen molar-refractivity contribution < 1.29 is 9.53 Å². The van der Waals surface area contributed by atoms with E-state index in [-0.39, 0.29) is 6.10 Å². The number of benzene rings is 1. The van der Waals surface area contributed by atoms with Gasteiger partial charge in [0.15, 0.2) is 6.10 Å². The maximum absolute atomic E-state index is 10.5. The third-order valence-corrected chi connectivity index (χ3v) is 2.60. The zero-order chi connectivity index (χ0) is 11.4. The minimum Gasteiger partial charge on any atom is -0.366 e. The van der Waals surface area contributed by atoms with Gasteiger partial charge in [0.05, 0.1) is 19.2 Å². The van der Waals surface area contributed by atoms with Gasteiger partial charge >= 0.3 is 0 Å². The number of hydrogen-bond acceptors (Lipinski definition) is 4. The van der Waals surface area contributed by atoms with Crippen LogP contribution in [0.15, 0.2) is 24.3 Å². The molecule has 1 fully saturated rings. The Balaban J connectivity index is 2.11. The van der Waals surface area contributed by atoms with Gasteiger partial charge in [-0.2, -0.15) is 5.26 Å². The van der Waals surface area contributed by atoms with Crippen molar-refractivity contribution in [2.24, 2.45) is 0 Å². The summed E-state index contributed by atoms with van der Waals surface area (Å²) in [6.45, 7) is 1.92. The van der Waals surface area contributed by atoms with Crippen LogP contribution in [0.5, 0.6) is 0 Å². The van der Waals surface area contributed by atoms with E-state index in [1.165, 1.54) is 0 Å². The summed E-state index contributed by atoms with van der Waals surface area (Å²) >= 11 is 0. The highest BCUT2D eigenvalue weighted by atomic mass is 16.5. The van der Waals surface area contributed by atoms with Crippen molar-refractivity contribution in [3.8, 4) is 6.07 Å². The Morgan fingerprint density at radius 1 is 1.44 bits per heavy atom. The van der Waals surface area contributed by atoms with Gasteiger partial charge < -0.3 is 9.64 Å². The van der Waals surface area contributed by atoms with Crippen LogP contribution in [0.2, 0.25) is 0 Å². The molecule has 1 saturated heterocycles. The first-order valence-electron chi connectivity index (χ1n) is 5.15. The van der Waals surface area contributed by atoms with E-state index >= 15 is 0 Å². The fourth-order valence-electron chi connectivity index (χ4n) is 1.73. The van der Waals surface area contributed by atoms with Gasteiger partial charge in [-0.15, -0.1) is 0 Å². The number of anilines is 1. The topological polar surface area (TPSA) is 53.3 Å². The molecule has 0 amide bonds. The number of hydrogen-bond donors (Lipinski definition) is 0. The molecule has 4 heteroatoms. The molecule has 0 saturated carbocycles. The molecule has 1 aliphatic rings. The minimum atomic E-state index is -0.362. The first kappa shape index (κ1) is 10.7. The van der Waals surface area contributed by atoms with E-state index in [0.29, 0.717) is 18.7 Å². The molecule has 82 valence electrons. The molecule has 0 radical (unpaired) electrons. The van der Waals surface area contributed by atoms with Crippen LogP contribution in [0.1, 0.15) is 10.4 Å². The summed E-state index contributed by atoms with van der Waals surface area (Å²) in [5.41, 5.74) is 1.68. The fraction of sp³-hybridized carbons (Fsp3) is 0.333. The van der Waals surface area contributed by atoms with Gasteiger partial charge in [0.25, 0.3) is 0 Å². The van der Waals surface area contributed by atoms with Crippen molar-refractivity contribution >= 4 is 12.0 Å². The molecule has 0 N–H and O–H groups in total. The monoisotopic (exact) mass is 216 g/mol. The Morgan fingerprint density at radius 3 is 2.81 bits per heavy atom. The molecule has 1 aliphatic heterocycles. The lowest BCUT2D eigenvalue weighted by atomic mass is 10.2. The van der Waals surface area contributed by atoms with Gasteiger partial charge in [0.1, 0.15) is 6.29 Å². The minimum absolute atomic E-state index is 0.362. The number of nitrogens with zero attached hydrogens (tertiary/aromatic N) is 2. The van der Waals surface area contributed by atoms with E-state index in [2.05, 4.69) is 11.0 Å². The van der Waals surface area contributed by atoms with Crippen LogP contribution >= 0.6 is 0 Å². The van der Waals surface area contributed by atoms with E-state index in [4.69, 9.17) is 10.00 Å². The molecule has 0 spiro atoms. The predicted octanol–water partition coefficient (Wildman–Crippen LogP) is 1.23. The highest BCUT2D eigenvalue weighted by molar-refractivity contribution is 5.75. The third-order valence-electron chi connectivity index (χ3n) is 2.60. The van der Waals surface area contributed by atoms with Crippen LogP contribution < -0.4 is 4.90 Å². The number of carbonyl (C=O) groups is 1. The summed E-state index contributed by atoms with van der Waals surface area (Å²) in [5.74, 6) is 0. The van der Waals surface area contributed by atoms with Gasteiger partial charge in [0, 0.05) is 17.8 Å². The first-order valence-corrected chi connectivity index (χ1v) is 5.15. The van der Waals surface area contributed by atoms with E-state index in [1.807, 2.05) is 12.1 Å². The zero-order valence-electron chi connectivity index (χ0n) is 8.80. The molecule has 16 heavy (non-hydrogen) atoms. The molecule has 1 atom stereocenters. The second-order valence-corrected chi connectivity index (χ2v) is 3.64. The van der Waals surface area contributed by atoms with Crippen LogP contribution in [0, 0.1) is 11.3 Å². The molecule has 4 nitrogen and oxygen atoms in total. The number of aldehydes is 1. The van der Waals surface area contributed by atoms with Crippen molar-refractivity contribution in [2.45, 2.75) is 6.10 Å². The smallest absolute Gasteiger partial charge is 0.161 e. The number of morpholine rings is 1. The SMILES string of the molecule is N#CC1CN(c2ccc(C=O)cc2)CCO1. The predicted molar refractivity (Wildman–Crippen MR) is 59.4 cm³/mol. The molecule has 1 heterocycles. The van der Waals surface area contributed by atoms with Gasteiger partial charge in [-0.1, -0.05) is 0 Å². The lowest BCUT2D eigenvalue weighted by Gasteiger charge is -2.31. The Hall–Kier alpha value is -1.86. The summed E-state index contributed by atoms with van der Waals surface area (Å²) in [6.07, 6.45) is 0.459. The average Bonchev–Trinajstić information content (AvgIpc) is 2.39. The van der Waals surface area contributed by atoms with E-state index < -0.39 is 0 Å². The van der Waals surface area contributed by atoms with E-state index in [1.54, 1.807) is 12.1 Å². The summed E-state index contributed by atoms with van der Waals surface area (Å²) < 4.78 is 5.26. The van der Waals surface area contributed by atoms with Crippen molar-refractivity contribution in [3.05, 3.63) is 29.8 Å². The molecule has 1 aromatic rings. The third kappa shape index (κ3) is 2.20. The maximum Gasteiger partial charge on any atom is 0.161 e. The lowest BCUT2D eigenvalue weighted by Crippen LogP contribution is -2.41. The molecule has 0 aliphatic carbocycles. The van der Waals surface area contributed by atoms with Crippen LogP contribution in [0.3, 0.4) is 0 Å². The summed E-state index contributed by atoms with van der Waals surface area (Å²) in [7, 11) is 0. The Bertz CT molecular complexity index is 408. The second-order valence-electron chi connectivity index (χ2n) is 3.64. The lowest BCUT2D eigenvalue weighted by molar-refractivity contribution is 0.0764. The van der Waals surface area contributed by atoms with Gasteiger partial charge in [-0.05, 0) is 24.3 Å². The Labute approximate surface area is 94.0 Å². The van der Waals surface area contributed by atoms with Crippen LogP contribution in [0.25, 0.3) is 0 Å². The number of carbonyl (C=O) groups excluding carboxylic acids is 1. The number of ether oxygens (including phenoxy) is 1. The zero-order valence-corrected chi connectivity index (χ0v) is 8.80. The van der Waals surface area contributed by atoms with E-state index in [0.717, 1.165) is 18.5 Å². The standard InChI is InChI=1S/C12H12N2O2/c13-7-12-8-14(5-6-16-12)11-3-1-10(9-15)2-4-11/h1-4,9,12H,5-6,8H2. The molecule has 0 bridgehead atoms. The largest absolute Gasteiger partial charge is 0.366 e. The summed E-state index contributed by atoms with van der Waals surface area (Å²) in [6, 6.07) is 9.44. The summed E-state index contributed by atoms with van der Waals surface area (Å²) in [4.78, 5) is 12.6. The van der Waals surface area contributed by atoms with Crippen LogP contribution in [-0.4, -0.2) is 32.1 Å².